The molecule has 20 heavy (non-hydrogen) atoms. The van der Waals surface area contributed by atoms with Gasteiger partial charge in [-0.15, -0.1) is 0 Å². The molecule has 0 unspecified atom stereocenters. The van der Waals surface area contributed by atoms with E-state index in [0.717, 1.165) is 11.1 Å². The first-order valence-electron chi connectivity index (χ1n) is 5.99. The van der Waals surface area contributed by atoms with Crippen molar-refractivity contribution in [2.45, 2.75) is 0 Å². The lowest BCUT2D eigenvalue weighted by atomic mass is 10.0. The number of ether oxygens (including phenoxy) is 1. The third-order valence-electron chi connectivity index (χ3n) is 2.84. The second kappa shape index (κ2) is 6.17. The third-order valence-corrected chi connectivity index (χ3v) is 2.84. The second-order valence-electron chi connectivity index (χ2n) is 4.06. The van der Waals surface area contributed by atoms with Crippen molar-refractivity contribution in [3.05, 3.63) is 64.6 Å². The summed E-state index contributed by atoms with van der Waals surface area (Å²) >= 11 is 0. The van der Waals surface area contributed by atoms with Crippen molar-refractivity contribution in [1.82, 2.24) is 0 Å². The van der Waals surface area contributed by atoms with Gasteiger partial charge >= 0.3 is 5.69 Å². The number of rotatable bonds is 3. The molecule has 0 N–H and O–H groups in total. The molecule has 4 heteroatoms. The van der Waals surface area contributed by atoms with Gasteiger partial charge < -0.3 is 4.74 Å². The summed E-state index contributed by atoms with van der Waals surface area (Å²) in [5, 5.41) is 18.0. The van der Waals surface area contributed by atoms with E-state index < -0.39 is 0 Å². The van der Waals surface area contributed by atoms with Gasteiger partial charge in [-0.2, -0.15) is 5.26 Å². The van der Waals surface area contributed by atoms with E-state index in [1.807, 2.05) is 30.3 Å². The number of nitriles is 1. The van der Waals surface area contributed by atoms with Crippen LogP contribution in [0, 0.1) is 16.7 Å². The van der Waals surface area contributed by atoms with Crippen molar-refractivity contribution in [2.24, 2.45) is 0 Å². The molecule has 0 radical (unpaired) electrons. The van der Waals surface area contributed by atoms with Gasteiger partial charge in [0.2, 0.25) is 5.39 Å². The Bertz CT molecular complexity index is 722. The molecule has 0 heterocycles. The molecule has 0 aromatic heterocycles. The lowest BCUT2D eigenvalue weighted by Crippen LogP contribution is -1.88. The molecule has 0 spiro atoms. The van der Waals surface area contributed by atoms with Crippen LogP contribution in [0.3, 0.4) is 0 Å². The van der Waals surface area contributed by atoms with Crippen molar-refractivity contribution < 1.29 is 4.74 Å². The first-order valence-corrected chi connectivity index (χ1v) is 5.99. The first-order chi connectivity index (χ1) is 9.78. The maximum atomic E-state index is 9.29. The highest BCUT2D eigenvalue weighted by atomic mass is 16.5. The van der Waals surface area contributed by atoms with E-state index in [4.69, 9.17) is 10.1 Å². The molecular weight excluding hydrogens is 250 g/mol. The minimum absolute atomic E-state index is 0.400. The number of methoxy groups -OCH3 is 1. The largest absolute Gasteiger partial charge is 0.496 e. The van der Waals surface area contributed by atoms with E-state index in [0.29, 0.717) is 17.0 Å². The molecule has 0 fully saturated rings. The standard InChI is InChI=1S/C16H12N3O/c1-20-16-10-15(19-18)8-7-13(16)9-14(11-17)12-5-3-2-4-6-12/h2-10H,1H3/q+1/b14-9+. The van der Waals surface area contributed by atoms with Crippen LogP contribution in [0.2, 0.25) is 0 Å². The topological polar surface area (TPSA) is 61.2 Å². The van der Waals surface area contributed by atoms with Gasteiger partial charge in [-0.05, 0) is 17.7 Å². The van der Waals surface area contributed by atoms with Gasteiger partial charge in [-0.25, -0.2) is 0 Å². The first kappa shape index (κ1) is 13.3. The number of benzene rings is 2. The van der Waals surface area contributed by atoms with E-state index in [2.05, 4.69) is 11.0 Å². The Kier molecular flexibility index (Phi) is 4.11. The lowest BCUT2D eigenvalue weighted by molar-refractivity contribution is 0.414. The fourth-order valence-electron chi connectivity index (χ4n) is 1.83. The summed E-state index contributed by atoms with van der Waals surface area (Å²) < 4.78 is 5.24. The van der Waals surface area contributed by atoms with Crippen LogP contribution in [0.4, 0.5) is 5.69 Å². The lowest BCUT2D eigenvalue weighted by Gasteiger charge is -2.04. The van der Waals surface area contributed by atoms with Gasteiger partial charge in [-0.1, -0.05) is 30.3 Å². The number of allylic oxidation sites excluding steroid dienone is 1. The Morgan fingerprint density at radius 1 is 1.20 bits per heavy atom. The second-order valence-corrected chi connectivity index (χ2v) is 4.06. The zero-order valence-electron chi connectivity index (χ0n) is 10.9. The minimum Gasteiger partial charge on any atom is -0.496 e. The number of hydrogen-bond donors (Lipinski definition) is 0. The van der Waals surface area contributed by atoms with Gasteiger partial charge in [0.05, 0.1) is 24.8 Å². The molecule has 0 saturated carbocycles. The summed E-state index contributed by atoms with van der Waals surface area (Å²) in [4.78, 5) is 3.11. The smallest absolute Gasteiger partial charge is 0.388 e. The fourth-order valence-corrected chi connectivity index (χ4v) is 1.83. The highest BCUT2D eigenvalue weighted by molar-refractivity contribution is 5.90. The van der Waals surface area contributed by atoms with Crippen LogP contribution in [0.15, 0.2) is 48.5 Å². The zero-order chi connectivity index (χ0) is 14.4. The Labute approximate surface area is 117 Å². The molecule has 0 saturated heterocycles. The van der Waals surface area contributed by atoms with Crippen molar-refractivity contribution in [1.29, 1.82) is 10.7 Å². The third kappa shape index (κ3) is 2.82. The Balaban J connectivity index is 2.49. The van der Waals surface area contributed by atoms with E-state index >= 15 is 0 Å². The van der Waals surface area contributed by atoms with Crippen molar-refractivity contribution >= 4 is 17.3 Å². The van der Waals surface area contributed by atoms with E-state index in [9.17, 15) is 5.26 Å². The van der Waals surface area contributed by atoms with Gasteiger partial charge in [0.1, 0.15) is 5.75 Å². The highest BCUT2D eigenvalue weighted by Gasteiger charge is 2.11. The Morgan fingerprint density at radius 3 is 2.55 bits per heavy atom. The Morgan fingerprint density at radius 2 is 1.95 bits per heavy atom. The number of hydrogen-bond acceptors (Lipinski definition) is 3. The van der Waals surface area contributed by atoms with Crippen LogP contribution in [0.25, 0.3) is 16.6 Å². The van der Waals surface area contributed by atoms with Crippen molar-refractivity contribution in [3.8, 4) is 11.8 Å². The summed E-state index contributed by atoms with van der Waals surface area (Å²) in [6.07, 6.45) is 1.75. The minimum atomic E-state index is 0.400. The summed E-state index contributed by atoms with van der Waals surface area (Å²) in [6, 6.07) is 16.6. The van der Waals surface area contributed by atoms with Gasteiger partial charge in [0.15, 0.2) is 4.98 Å². The quantitative estimate of drug-likeness (QED) is 0.472. The van der Waals surface area contributed by atoms with Crippen LogP contribution in [0.5, 0.6) is 5.75 Å². The highest BCUT2D eigenvalue weighted by Crippen LogP contribution is 2.28. The maximum Gasteiger partial charge on any atom is 0.388 e. The molecule has 0 aliphatic rings. The predicted molar refractivity (Wildman–Crippen MR) is 77.7 cm³/mol. The van der Waals surface area contributed by atoms with Gasteiger partial charge in [0.25, 0.3) is 0 Å². The molecule has 0 atom stereocenters. The van der Waals surface area contributed by atoms with Crippen LogP contribution in [-0.4, -0.2) is 7.11 Å². The molecule has 0 bridgehead atoms. The molecule has 2 rings (SSSR count). The molecule has 2 aromatic rings. The van der Waals surface area contributed by atoms with Gasteiger partial charge in [-0.3, -0.25) is 0 Å². The van der Waals surface area contributed by atoms with Crippen LogP contribution < -0.4 is 4.74 Å². The van der Waals surface area contributed by atoms with Gasteiger partial charge in [0, 0.05) is 11.6 Å². The van der Waals surface area contributed by atoms with Crippen molar-refractivity contribution in [2.75, 3.05) is 7.11 Å². The SMILES string of the molecule is COc1cc([N+]#N)ccc1/C=C(\C#N)c1ccccc1. The number of diazo groups is 1. The zero-order valence-corrected chi connectivity index (χ0v) is 10.9. The summed E-state index contributed by atoms with van der Waals surface area (Å²) in [7, 11) is 1.53. The predicted octanol–water partition coefficient (Wildman–Crippen LogP) is 4.24. The molecule has 4 nitrogen and oxygen atoms in total. The molecule has 0 aliphatic heterocycles. The summed E-state index contributed by atoms with van der Waals surface area (Å²) in [5.41, 5.74) is 2.53. The Hall–Kier alpha value is -3.11. The van der Waals surface area contributed by atoms with Crippen molar-refractivity contribution in [3.63, 3.8) is 0 Å². The molecule has 2 aromatic carbocycles. The summed E-state index contributed by atoms with van der Waals surface area (Å²) in [6.45, 7) is 0. The molecular formula is C16H12N3O+. The van der Waals surface area contributed by atoms with E-state index in [1.54, 1.807) is 24.3 Å². The van der Waals surface area contributed by atoms with Crippen LogP contribution >= 0.6 is 0 Å². The summed E-state index contributed by atoms with van der Waals surface area (Å²) in [5.74, 6) is 0.545. The molecule has 96 valence electrons. The van der Waals surface area contributed by atoms with Crippen LogP contribution in [0.1, 0.15) is 11.1 Å². The fraction of sp³-hybridized carbons (Fsp3) is 0.0625. The molecule has 0 aliphatic carbocycles. The average Bonchev–Trinajstić information content (AvgIpc) is 2.53. The normalized spacial score (nSPS) is 10.4. The average molecular weight is 262 g/mol. The maximum absolute atomic E-state index is 9.29. The van der Waals surface area contributed by atoms with E-state index in [-0.39, 0.29) is 0 Å². The van der Waals surface area contributed by atoms with Crippen LogP contribution in [-0.2, 0) is 0 Å². The molecule has 0 amide bonds. The monoisotopic (exact) mass is 262 g/mol. The number of nitrogens with zero attached hydrogens (tertiary/aromatic N) is 3. The van der Waals surface area contributed by atoms with E-state index in [1.165, 1.54) is 7.11 Å².